The van der Waals surface area contributed by atoms with Crippen molar-refractivity contribution in [1.82, 2.24) is 0 Å². The first kappa shape index (κ1) is 74.6. The van der Waals surface area contributed by atoms with Crippen molar-refractivity contribution in [3.8, 4) is 11.5 Å². The molecule has 0 aliphatic heterocycles. The summed E-state index contributed by atoms with van der Waals surface area (Å²) in [5.74, 6) is 1.71. The lowest BCUT2D eigenvalue weighted by molar-refractivity contribution is 0.482. The van der Waals surface area contributed by atoms with E-state index < -0.39 is 0 Å². The van der Waals surface area contributed by atoms with E-state index in [1.54, 1.807) is 0 Å². The fourth-order valence-electron chi connectivity index (χ4n) is 11.1. The first-order valence-corrected chi connectivity index (χ1v) is 40.5. The van der Waals surface area contributed by atoms with E-state index in [1.165, 1.54) is 95.0 Å². The number of benzene rings is 12. The van der Waals surface area contributed by atoms with Crippen molar-refractivity contribution in [3.63, 3.8) is 0 Å². The summed E-state index contributed by atoms with van der Waals surface area (Å²) >= 11 is 5.94. The number of halogens is 1. The molecule has 0 unspecified atom stereocenters. The van der Waals surface area contributed by atoms with Gasteiger partial charge >= 0.3 is 0 Å². The highest BCUT2D eigenvalue weighted by molar-refractivity contribution is 14.1. The molecule has 0 amide bonds. The molecule has 12 aromatic rings. The fourth-order valence-corrected chi connectivity index (χ4v) is 19.2. The first-order chi connectivity index (χ1) is 47.1. The molecule has 0 N–H and O–H groups in total. The zero-order valence-corrected chi connectivity index (χ0v) is 66.5. The Hall–Kier alpha value is -7.08. The molecule has 0 heterocycles. The van der Waals surface area contributed by atoms with Crippen LogP contribution in [0.1, 0.15) is 132 Å². The molecule has 0 radical (unpaired) electrons. The highest BCUT2D eigenvalue weighted by Gasteiger charge is 2.33. The third-order valence-electron chi connectivity index (χ3n) is 16.9. The van der Waals surface area contributed by atoms with E-state index in [0.717, 1.165) is 11.5 Å². The maximum Gasteiger partial charge on any atom is 0.166 e. The van der Waals surface area contributed by atoms with Crippen LogP contribution < -0.4 is 4.74 Å². The van der Waals surface area contributed by atoms with Gasteiger partial charge in [-0.1, -0.05) is 243 Å². The van der Waals surface area contributed by atoms with Gasteiger partial charge in [-0.05, 0) is 272 Å². The van der Waals surface area contributed by atoms with Crippen LogP contribution >= 0.6 is 46.1 Å². The summed E-state index contributed by atoms with van der Waals surface area (Å²) in [6.45, 7) is 34.1. The zero-order chi connectivity index (χ0) is 70.5. The molecule has 7 heteroatoms. The van der Waals surface area contributed by atoms with Gasteiger partial charge in [-0.15, -0.1) is 0 Å². The topological polar surface area (TPSA) is 9.23 Å². The molecule has 0 saturated carbocycles. The average molecular weight is 1510 g/mol. The maximum atomic E-state index is 5.98. The minimum Gasteiger partial charge on any atom is -0.457 e. The fraction of sp³-hybridized carbons (Fsp3) is 0.217. The molecule has 0 bridgehead atoms. The van der Waals surface area contributed by atoms with Gasteiger partial charge in [0.15, 0.2) is 44.1 Å². The number of hydrogen-bond donors (Lipinski definition) is 0. The van der Waals surface area contributed by atoms with E-state index in [4.69, 9.17) is 4.74 Å². The summed E-state index contributed by atoms with van der Waals surface area (Å²) in [4.78, 5) is 17.1. The van der Waals surface area contributed by atoms with E-state index in [9.17, 15) is 0 Å². The van der Waals surface area contributed by atoms with Crippen molar-refractivity contribution in [3.05, 3.63) is 341 Å². The zero-order valence-electron chi connectivity index (χ0n) is 60.3. The van der Waals surface area contributed by atoms with E-state index >= 15 is 0 Å². The van der Waals surface area contributed by atoms with Gasteiger partial charge < -0.3 is 4.74 Å². The number of ether oxygens (including phenoxy) is 1. The first-order valence-electron chi connectivity index (χ1n) is 34.1. The van der Waals surface area contributed by atoms with Crippen molar-refractivity contribution < 1.29 is 4.74 Å². The molecule has 0 saturated heterocycles. The molecule has 0 spiro atoms. The molecule has 0 aliphatic rings. The van der Waals surface area contributed by atoms with Crippen molar-refractivity contribution in [2.75, 3.05) is 0 Å². The van der Waals surface area contributed by atoms with Gasteiger partial charge in [0.1, 0.15) is 11.5 Å². The Balaban J connectivity index is 0.000000163. The molecule has 12 aromatic carbocycles. The molecule has 99 heavy (non-hydrogen) atoms. The Morgan fingerprint density at radius 3 is 0.646 bits per heavy atom. The minimum atomic E-state index is -0.162. The second-order valence-corrected chi connectivity index (χ2v) is 39.5. The lowest BCUT2D eigenvalue weighted by Crippen LogP contribution is -2.13. The van der Waals surface area contributed by atoms with Crippen LogP contribution in [0.15, 0.2) is 373 Å². The van der Waals surface area contributed by atoms with Crippen molar-refractivity contribution in [2.24, 2.45) is 0 Å². The third-order valence-corrected chi connectivity index (χ3v) is 26.4. The Kier molecular flexibility index (Phi) is 25.0. The number of hydrogen-bond acceptors (Lipinski definition) is 3. The summed E-state index contributed by atoms with van der Waals surface area (Å²) in [6, 6.07) is 113. The smallest absolute Gasteiger partial charge is 0.166 e. The molecule has 0 fully saturated rings. The second kappa shape index (κ2) is 33.1. The van der Waals surface area contributed by atoms with Gasteiger partial charge in [0.05, 0.1) is 32.7 Å². The molecular weight excluding hydrogens is 1410 g/mol. The average Bonchev–Trinajstić information content (AvgIpc) is 0.804. The Labute approximate surface area is 624 Å². The van der Waals surface area contributed by atoms with Crippen LogP contribution in [0, 0.1) is 3.57 Å². The normalized spacial score (nSPS) is 12.0. The molecule has 0 aliphatic carbocycles. The van der Waals surface area contributed by atoms with Crippen LogP contribution in [0.2, 0.25) is 0 Å². The summed E-state index contributed by atoms with van der Waals surface area (Å²) in [6.07, 6.45) is 0. The Bertz CT molecular complexity index is 4280. The predicted octanol–water partition coefficient (Wildman–Crippen LogP) is 27.5. The quantitative estimate of drug-likeness (QED) is 0.0748. The SMILES string of the molecule is CC(C)(C)c1ccc(Sc2ccc([S+](c3ccc(C(C)(C)C)cc3)c3ccc(C(C)(C)C)cc3)cc2)cc1.CC(C)(C)c1ccc([S+](c2ccc(Sc3ccccc3)cc2)c2ccc(C(C)(C)C)cc2)cc1.Ic1ccc(Oc2ccc([S+](c3ccccc3)c3ccccc3)cc2)cc1. The second-order valence-electron chi connectivity index (χ2n) is 29.9. The van der Waals surface area contributed by atoms with E-state index in [0.29, 0.717) is 0 Å². The van der Waals surface area contributed by atoms with Crippen LogP contribution in [0.4, 0.5) is 0 Å². The minimum absolute atomic E-state index is 0.129. The van der Waals surface area contributed by atoms with Gasteiger partial charge in [-0.3, -0.25) is 0 Å². The van der Waals surface area contributed by atoms with Crippen LogP contribution in [-0.4, -0.2) is 0 Å². The lowest BCUT2D eigenvalue weighted by Gasteiger charge is -2.20. The van der Waals surface area contributed by atoms with E-state index in [1.807, 2.05) is 47.8 Å². The van der Waals surface area contributed by atoms with E-state index in [2.05, 4.69) is 412 Å². The highest BCUT2D eigenvalue weighted by Crippen LogP contribution is 2.40. The van der Waals surface area contributed by atoms with Gasteiger partial charge in [0, 0.05) is 23.2 Å². The highest BCUT2D eigenvalue weighted by atomic mass is 127. The number of rotatable bonds is 15. The third kappa shape index (κ3) is 21.0. The van der Waals surface area contributed by atoms with Gasteiger partial charge in [-0.25, -0.2) is 0 Å². The molecule has 504 valence electrons. The monoisotopic (exact) mass is 1500 g/mol. The summed E-state index contributed by atoms with van der Waals surface area (Å²) in [5, 5.41) is 0. The maximum absolute atomic E-state index is 5.98. The standard InChI is InChI=1S/C36H43S2.C32H35S2.C24H18IOS/c1-34(2,3)26-10-16-29(17-11-26)37-30-18-24-33(25-19-30)38(31-20-12-27(13-21-31)35(4,5)6)32-22-14-28(15-23-32)36(7,8)9;1-31(2,3)24-12-18-28(19-13-24)34(29-20-14-25(15-21-29)32(4,5)6)30-22-16-27(17-23-30)33-26-10-8-7-9-11-26;25-19-11-13-20(14-12-19)26-21-15-17-24(18-16-21)27(22-7-3-1-4-8-22)23-9-5-2-6-10-23/h10-25H,1-9H3;7-23H,1-6H3;1-18H/q3*+1. The molecule has 12 rings (SSSR count). The van der Waals surface area contributed by atoms with E-state index in [-0.39, 0.29) is 59.8 Å². The molecule has 0 atom stereocenters. The van der Waals surface area contributed by atoms with Gasteiger partial charge in [-0.2, -0.15) is 0 Å². The summed E-state index contributed by atoms with van der Waals surface area (Å²) in [7, 11) is -0.440. The van der Waals surface area contributed by atoms with Crippen LogP contribution in [0.3, 0.4) is 0 Å². The Morgan fingerprint density at radius 1 is 0.212 bits per heavy atom. The van der Waals surface area contributed by atoms with Gasteiger partial charge in [0.2, 0.25) is 0 Å². The molecule has 0 aromatic heterocycles. The molecule has 1 nitrogen and oxygen atoms in total. The van der Waals surface area contributed by atoms with Crippen molar-refractivity contribution in [2.45, 2.75) is 195 Å². The summed E-state index contributed by atoms with van der Waals surface area (Å²) in [5.41, 5.74) is 7.64. The summed E-state index contributed by atoms with van der Waals surface area (Å²) < 4.78 is 7.18. The van der Waals surface area contributed by atoms with Crippen molar-refractivity contribution >= 4 is 78.8 Å². The molecular formula is C92H96IOS5+3. The lowest BCUT2D eigenvalue weighted by atomic mass is 9.87. The van der Waals surface area contributed by atoms with Crippen LogP contribution in [0.5, 0.6) is 11.5 Å². The Morgan fingerprint density at radius 2 is 0.394 bits per heavy atom. The van der Waals surface area contributed by atoms with Crippen molar-refractivity contribution in [1.29, 1.82) is 0 Å². The van der Waals surface area contributed by atoms with Crippen LogP contribution in [-0.2, 0) is 59.8 Å². The largest absolute Gasteiger partial charge is 0.457 e. The predicted molar refractivity (Wildman–Crippen MR) is 438 cm³/mol. The van der Waals surface area contributed by atoms with Gasteiger partial charge in [0.25, 0.3) is 0 Å². The van der Waals surface area contributed by atoms with Crippen LogP contribution in [0.25, 0.3) is 0 Å².